The van der Waals surface area contributed by atoms with Gasteiger partial charge in [0.2, 0.25) is 0 Å². The van der Waals surface area contributed by atoms with Crippen molar-refractivity contribution in [2.75, 3.05) is 26.3 Å². The Labute approximate surface area is 286 Å². The number of aliphatic carboxylic acids is 2. The summed E-state index contributed by atoms with van der Waals surface area (Å²) < 4.78 is 11.9. The lowest BCUT2D eigenvalue weighted by molar-refractivity contribution is -0.140. The van der Waals surface area contributed by atoms with Crippen LogP contribution in [0.15, 0.2) is 42.5 Å². The number of carbonyl (C=O) groups excluding carboxylic acids is 1. The Morgan fingerprint density at radius 3 is 1.49 bits per heavy atom. The predicted molar refractivity (Wildman–Crippen MR) is 188 cm³/mol. The Bertz CT molecular complexity index is 1160. The van der Waals surface area contributed by atoms with E-state index in [0.29, 0.717) is 29.7 Å². The minimum atomic E-state index is -1.30. The normalized spacial score (nSPS) is 10.9. The van der Waals surface area contributed by atoms with E-state index in [0.717, 1.165) is 42.6 Å². The van der Waals surface area contributed by atoms with E-state index in [9.17, 15) is 24.6 Å². The summed E-state index contributed by atoms with van der Waals surface area (Å²) in [5.74, 6) is -2.48. The smallest absolute Gasteiger partial charge is 0.323 e. The molecule has 2 rings (SSSR count). The zero-order valence-corrected chi connectivity index (χ0v) is 29.1. The molecule has 0 bridgehead atoms. The molecule has 262 valence electrons. The summed E-state index contributed by atoms with van der Waals surface area (Å²) in [5.41, 5.74) is 1.24. The zero-order chi connectivity index (χ0) is 34.1. The number of benzene rings is 2. The molecule has 0 unspecified atom stereocenters. The number of amides is 1. The van der Waals surface area contributed by atoms with Crippen LogP contribution in [0.3, 0.4) is 0 Å². The van der Waals surface area contributed by atoms with E-state index in [2.05, 4.69) is 6.92 Å². The average molecular weight is 674 g/mol. The van der Waals surface area contributed by atoms with Crippen LogP contribution < -0.4 is 9.47 Å². The van der Waals surface area contributed by atoms with Crippen molar-refractivity contribution < 1.29 is 34.1 Å². The standard InChI is InChI=1S/C38H56ClNO7/c1-2-3-4-5-6-7-8-9-10-11-12-13-14-15-16-17-24-46-34-26-32(38(45)40(29-36(41)42)30-37(43)44)27-35(28-34)47-25-18-19-31-20-22-33(39)23-21-31/h20-23,26-28H,2-19,24-25,29-30H2,1H3,(H,41,42)(H,43,44). The van der Waals surface area contributed by atoms with E-state index in [1.165, 1.54) is 95.6 Å². The van der Waals surface area contributed by atoms with Gasteiger partial charge in [0.05, 0.1) is 13.2 Å². The highest BCUT2D eigenvalue weighted by atomic mass is 35.5. The van der Waals surface area contributed by atoms with Crippen molar-refractivity contribution in [1.82, 2.24) is 4.90 Å². The number of hydrogen-bond donors (Lipinski definition) is 2. The fraction of sp³-hybridized carbons (Fsp3) is 0.605. The lowest BCUT2D eigenvalue weighted by atomic mass is 10.0. The molecule has 0 heterocycles. The predicted octanol–water partition coefficient (Wildman–Crippen LogP) is 9.60. The van der Waals surface area contributed by atoms with Crippen LogP contribution in [0.4, 0.5) is 0 Å². The summed E-state index contributed by atoms with van der Waals surface area (Å²) in [7, 11) is 0. The number of carbonyl (C=O) groups is 3. The van der Waals surface area contributed by atoms with Crippen LogP contribution in [-0.2, 0) is 16.0 Å². The second kappa shape index (κ2) is 24.9. The van der Waals surface area contributed by atoms with Gasteiger partial charge in [-0.25, -0.2) is 0 Å². The zero-order valence-electron chi connectivity index (χ0n) is 28.4. The molecule has 0 saturated carbocycles. The van der Waals surface area contributed by atoms with Gasteiger partial charge < -0.3 is 24.6 Å². The van der Waals surface area contributed by atoms with Crippen molar-refractivity contribution >= 4 is 29.4 Å². The number of aryl methyl sites for hydroxylation is 1. The summed E-state index contributed by atoms with van der Waals surface area (Å²) >= 11 is 5.97. The Balaban J connectivity index is 1.78. The number of ether oxygens (including phenoxy) is 2. The van der Waals surface area contributed by atoms with Gasteiger partial charge in [0.25, 0.3) is 5.91 Å². The fourth-order valence-corrected chi connectivity index (χ4v) is 5.65. The first-order chi connectivity index (χ1) is 22.8. The first-order valence-electron chi connectivity index (χ1n) is 17.7. The Morgan fingerprint density at radius 2 is 1.04 bits per heavy atom. The molecule has 8 nitrogen and oxygen atoms in total. The molecule has 2 N–H and O–H groups in total. The summed E-state index contributed by atoms with van der Waals surface area (Å²) in [6.07, 6.45) is 22.1. The van der Waals surface area contributed by atoms with E-state index in [-0.39, 0.29) is 5.56 Å². The topological polar surface area (TPSA) is 113 Å². The van der Waals surface area contributed by atoms with Crippen molar-refractivity contribution in [3.63, 3.8) is 0 Å². The number of halogens is 1. The summed E-state index contributed by atoms with van der Waals surface area (Å²) in [4.78, 5) is 36.6. The van der Waals surface area contributed by atoms with Crippen molar-refractivity contribution in [2.45, 2.75) is 122 Å². The molecule has 0 aliphatic carbocycles. The number of unbranched alkanes of at least 4 members (excludes halogenated alkanes) is 15. The van der Waals surface area contributed by atoms with Gasteiger partial charge in [-0.1, -0.05) is 127 Å². The van der Waals surface area contributed by atoms with Crippen molar-refractivity contribution in [3.8, 4) is 11.5 Å². The van der Waals surface area contributed by atoms with Crippen LogP contribution >= 0.6 is 11.6 Å². The maximum absolute atomic E-state index is 13.2. The number of carboxylic acid groups (broad SMARTS) is 2. The minimum Gasteiger partial charge on any atom is -0.493 e. The van der Waals surface area contributed by atoms with Gasteiger partial charge in [-0.2, -0.15) is 0 Å². The van der Waals surface area contributed by atoms with Crippen LogP contribution in [0.5, 0.6) is 11.5 Å². The van der Waals surface area contributed by atoms with Crippen LogP contribution in [0.25, 0.3) is 0 Å². The van der Waals surface area contributed by atoms with Crippen molar-refractivity contribution in [2.24, 2.45) is 0 Å². The summed E-state index contributed by atoms with van der Waals surface area (Å²) in [6.45, 7) is 1.66. The van der Waals surface area contributed by atoms with Crippen LogP contribution in [0.1, 0.15) is 132 Å². The quantitative estimate of drug-likeness (QED) is 0.0865. The van der Waals surface area contributed by atoms with Crippen LogP contribution in [0, 0.1) is 0 Å². The van der Waals surface area contributed by atoms with Gasteiger partial charge in [-0.15, -0.1) is 0 Å². The van der Waals surface area contributed by atoms with E-state index < -0.39 is 30.9 Å². The SMILES string of the molecule is CCCCCCCCCCCCCCCCCCOc1cc(OCCCc2ccc(Cl)cc2)cc(C(=O)N(CC(=O)O)CC(=O)O)c1. The second-order valence-corrected chi connectivity index (χ2v) is 12.8. The highest BCUT2D eigenvalue weighted by molar-refractivity contribution is 6.30. The third kappa shape index (κ3) is 19.2. The first-order valence-corrected chi connectivity index (χ1v) is 18.0. The highest BCUT2D eigenvalue weighted by Crippen LogP contribution is 2.25. The molecule has 9 heteroatoms. The van der Waals surface area contributed by atoms with Crippen LogP contribution in [-0.4, -0.2) is 59.3 Å². The molecule has 2 aromatic carbocycles. The van der Waals surface area contributed by atoms with Gasteiger partial charge in [0.1, 0.15) is 24.6 Å². The monoisotopic (exact) mass is 673 g/mol. The summed E-state index contributed by atoms with van der Waals surface area (Å²) in [6, 6.07) is 12.3. The van der Waals surface area contributed by atoms with E-state index >= 15 is 0 Å². The average Bonchev–Trinajstić information content (AvgIpc) is 3.04. The van der Waals surface area contributed by atoms with Crippen molar-refractivity contribution in [1.29, 1.82) is 0 Å². The van der Waals surface area contributed by atoms with E-state index in [1.54, 1.807) is 6.07 Å². The molecule has 0 saturated heterocycles. The third-order valence-corrected chi connectivity index (χ3v) is 8.38. The number of rotatable bonds is 28. The number of carboxylic acids is 2. The van der Waals surface area contributed by atoms with Gasteiger partial charge in [0.15, 0.2) is 0 Å². The molecule has 0 spiro atoms. The Kier molecular flexibility index (Phi) is 21.1. The van der Waals surface area contributed by atoms with Gasteiger partial charge >= 0.3 is 11.9 Å². The third-order valence-electron chi connectivity index (χ3n) is 8.12. The molecule has 1 amide bonds. The second-order valence-electron chi connectivity index (χ2n) is 12.4. The number of hydrogen-bond acceptors (Lipinski definition) is 5. The molecule has 0 aliphatic heterocycles. The molecule has 0 aromatic heterocycles. The maximum atomic E-state index is 13.2. The Morgan fingerprint density at radius 1 is 0.617 bits per heavy atom. The molecular weight excluding hydrogens is 618 g/mol. The van der Waals surface area contributed by atoms with E-state index in [1.807, 2.05) is 24.3 Å². The van der Waals surface area contributed by atoms with Gasteiger partial charge in [-0.3, -0.25) is 14.4 Å². The fourth-order valence-electron chi connectivity index (χ4n) is 5.53. The van der Waals surface area contributed by atoms with Crippen LogP contribution in [0.2, 0.25) is 5.02 Å². The molecule has 0 fully saturated rings. The first kappa shape index (κ1) is 39.9. The highest BCUT2D eigenvalue weighted by Gasteiger charge is 2.22. The molecule has 47 heavy (non-hydrogen) atoms. The number of nitrogens with zero attached hydrogens (tertiary/aromatic N) is 1. The van der Waals surface area contributed by atoms with Crippen molar-refractivity contribution in [3.05, 3.63) is 58.6 Å². The Hall–Kier alpha value is -3.26. The van der Waals surface area contributed by atoms with Gasteiger partial charge in [0, 0.05) is 16.7 Å². The summed E-state index contributed by atoms with van der Waals surface area (Å²) in [5, 5.41) is 19.1. The van der Waals surface area contributed by atoms with Gasteiger partial charge in [-0.05, 0) is 49.1 Å². The molecular formula is C38H56ClNO7. The lowest BCUT2D eigenvalue weighted by Crippen LogP contribution is -2.39. The molecule has 2 aromatic rings. The molecule has 0 aliphatic rings. The minimum absolute atomic E-state index is 0.115. The van der Waals surface area contributed by atoms with E-state index in [4.69, 9.17) is 21.1 Å². The molecule has 0 radical (unpaired) electrons. The largest absolute Gasteiger partial charge is 0.493 e. The maximum Gasteiger partial charge on any atom is 0.323 e. The molecule has 0 atom stereocenters. The lowest BCUT2D eigenvalue weighted by Gasteiger charge is -2.19.